The van der Waals surface area contributed by atoms with Gasteiger partial charge >= 0.3 is 71.6 Å². The largest absolute Gasteiger partial charge is 0.481 e. The molecule has 147 heavy (non-hydrogen) atoms. The topological polar surface area (TPSA) is 379 Å². The van der Waals surface area contributed by atoms with Crippen molar-refractivity contribution in [3.05, 3.63) is 196 Å². The third kappa shape index (κ3) is 44.5. The molecule has 0 saturated carbocycles. The summed E-state index contributed by atoms with van der Waals surface area (Å²) in [6.07, 6.45) is 26.9. The molecule has 27 heteroatoms. The Bertz CT molecular complexity index is 4940. The number of hydrogen-bond donors (Lipinski definition) is 3. The van der Waals surface area contributed by atoms with E-state index in [1.54, 1.807) is 105 Å². The van der Waals surface area contributed by atoms with E-state index < -0.39 is 150 Å². The van der Waals surface area contributed by atoms with Crippen LogP contribution in [0.25, 0.3) is 11.0 Å². The zero-order chi connectivity index (χ0) is 112. The van der Waals surface area contributed by atoms with Crippen LogP contribution >= 0.6 is 0 Å². The quantitative estimate of drug-likeness (QED) is 0.0160. The molecule has 3 N–H and O–H groups in total. The highest BCUT2D eigenvalue weighted by molar-refractivity contribution is 5.90. The maximum absolute atomic E-state index is 13.3. The number of carbonyl (C=O) groups excluding carboxylic acids is 9. The molecule has 0 bridgehead atoms. The number of carboxylic acid groups (broad SMARTS) is 3. The van der Waals surface area contributed by atoms with E-state index in [4.69, 9.17) is 42.7 Å². The summed E-state index contributed by atoms with van der Waals surface area (Å²) < 4.78 is 44.8. The van der Waals surface area contributed by atoms with Crippen LogP contribution in [0.2, 0.25) is 0 Å². The number of aliphatic carboxylic acids is 3. The van der Waals surface area contributed by atoms with Crippen molar-refractivity contribution < 1.29 is 116 Å². The molecule has 3 aliphatic carbocycles. The molecule has 3 aliphatic rings. The highest BCUT2D eigenvalue weighted by Crippen LogP contribution is 2.51. The molecule has 7 atom stereocenters. The second-order valence-electron chi connectivity index (χ2n) is 47.3. The molecular formula is C120H183N3O24. The smallest absolute Gasteiger partial charge is 0.339 e. The zero-order valence-corrected chi connectivity index (χ0v) is 93.7. The lowest BCUT2D eigenvalue weighted by Crippen LogP contribution is -2.47. The van der Waals surface area contributed by atoms with Crippen LogP contribution in [0.15, 0.2) is 185 Å². The first-order valence-corrected chi connectivity index (χ1v) is 51.5. The first-order valence-electron chi connectivity index (χ1n) is 51.5. The van der Waals surface area contributed by atoms with Crippen molar-refractivity contribution in [1.29, 1.82) is 0 Å². The Kier molecular flexibility index (Phi) is 54.8. The van der Waals surface area contributed by atoms with E-state index in [0.29, 0.717) is 107 Å². The Morgan fingerprint density at radius 2 is 0.653 bits per heavy atom. The zero-order valence-electron chi connectivity index (χ0n) is 93.7. The molecule has 0 aliphatic heterocycles. The number of aromatic nitrogens is 3. The van der Waals surface area contributed by atoms with Crippen LogP contribution in [0.3, 0.4) is 0 Å². The molecule has 7 rings (SSSR count). The first kappa shape index (κ1) is 134. The Balaban J connectivity index is 0.000000888. The third-order valence-corrected chi connectivity index (χ3v) is 24.4. The predicted molar refractivity (Wildman–Crippen MR) is 579 cm³/mol. The van der Waals surface area contributed by atoms with Crippen LogP contribution in [0, 0.1) is 104 Å². The molecule has 1 aromatic heterocycles. The van der Waals surface area contributed by atoms with Crippen LogP contribution in [0.1, 0.15) is 335 Å². The average molecular weight is 2050 g/mol. The molecule has 1 heterocycles. The van der Waals surface area contributed by atoms with Gasteiger partial charge in [0.15, 0.2) is 0 Å². The van der Waals surface area contributed by atoms with Crippen molar-refractivity contribution in [2.24, 2.45) is 104 Å². The Labute approximate surface area is 879 Å². The second-order valence-corrected chi connectivity index (χ2v) is 47.3. The molecular weight excluding hydrogens is 1870 g/mol. The van der Waals surface area contributed by atoms with Crippen molar-refractivity contribution in [1.82, 2.24) is 15.2 Å². The number of para-hydroxylation sites is 1. The number of hydrogen-bond acceptors (Lipinski definition) is 23. The number of ether oxygens (including phenoxy) is 8. The van der Waals surface area contributed by atoms with Gasteiger partial charge in [0.05, 0.1) is 68.5 Å². The lowest BCUT2D eigenvalue weighted by molar-refractivity contribution is -0.179. The van der Waals surface area contributed by atoms with Gasteiger partial charge in [0.2, 0.25) is 0 Å². The highest BCUT2D eigenvalue weighted by Gasteiger charge is 2.57. The van der Waals surface area contributed by atoms with Gasteiger partial charge in [0.1, 0.15) is 57.9 Å². The van der Waals surface area contributed by atoms with E-state index in [-0.39, 0.29) is 92.9 Å². The highest BCUT2D eigenvalue weighted by atomic mass is 16.7. The summed E-state index contributed by atoms with van der Waals surface area (Å²) in [5, 5.41) is 36.5. The Hall–Kier alpha value is -11.4. The van der Waals surface area contributed by atoms with Crippen LogP contribution < -0.4 is 4.84 Å². The minimum absolute atomic E-state index is 0. The van der Waals surface area contributed by atoms with Gasteiger partial charge in [-0.2, -0.15) is 0 Å². The summed E-state index contributed by atoms with van der Waals surface area (Å²) in [7, 11) is 0. The summed E-state index contributed by atoms with van der Waals surface area (Å²) in [4.78, 5) is 158. The predicted octanol–water partition coefficient (Wildman–Crippen LogP) is 26.2. The van der Waals surface area contributed by atoms with Crippen LogP contribution in [-0.4, -0.2) is 136 Å². The van der Waals surface area contributed by atoms with Gasteiger partial charge in [0, 0.05) is 0 Å². The van der Waals surface area contributed by atoms with E-state index in [2.05, 4.69) is 57.1 Å². The van der Waals surface area contributed by atoms with Crippen molar-refractivity contribution in [3.8, 4) is 0 Å². The number of carbonyl (C=O) groups is 12. The summed E-state index contributed by atoms with van der Waals surface area (Å²) in [5.74, 6) is -10.0. The van der Waals surface area contributed by atoms with E-state index in [0.717, 1.165) is 16.0 Å². The van der Waals surface area contributed by atoms with Gasteiger partial charge in [0.25, 0.3) is 0 Å². The fourth-order valence-electron chi connectivity index (χ4n) is 17.8. The van der Waals surface area contributed by atoms with E-state index in [1.165, 1.54) is 0 Å². The SMILES string of the molecule is C.C=CCC(CC=C)(C(=O)OC(C)(C)C)[C@@H](CC(C)C)C(=O)O.C=CCC(CC=C)(C(=O)OC(C)(C)C)[C@@H](CC(C)C)C(=O)OCc1ccccc1.C=CC[C@@H](C(=O)OC(C)(C)C)[C@@H](CC(C)C)C(=O)O.CC(C)C[C@@H](C(=O)O)C1(C(=O)OC(C)(C)C)CC=CC1.CC(C)C[C@@H](C(=O)OCc1ccccc1)C1(C(=O)OC(C)(C)C)CC=CC1.CC(C)C[C@@H](C(=O)On1nnc2ccccc21)C1(C(=O)OC(C)(C)C)CC=CC1. The van der Waals surface area contributed by atoms with Gasteiger partial charge in [-0.15, -0.1) is 38.0 Å². The number of allylic oxidation sites excluding steroid dienone is 11. The molecule has 0 fully saturated rings. The maximum atomic E-state index is 13.3. The standard InChI is InChI=1S/C25H36O4.C23H32O4.C22H29N3O4.C18H30O4.C16H26O4.C15H26O4.CH4/c1-8-15-25(16-9-2,23(27)29-24(5,6)7)21(17-19(3)4)22(26)28-18-20-13-11-10-12-14-20;1-17(2)15-19(20(24)26-16-18-11-7-6-8-12-18)23(13-9-10-14-23)21(25)27-22(3,4)5;1-15(2)14-16(22(12-8-9-13-22)20(27)28-21(3,4)5)19(26)29-25-18-11-7-6-10-17(18)23-24-25;1-8-10-18(11-9-2,16(21)22-17(5,6)7)14(15(19)20)12-13(3)4;1-11(2)10-12(13(17)18)16(8-6-7-9-16)14(19)20-15(3,4)5;1-7-8-11(14(18)19-15(4,5)6)12(13(16)17)9-10(2)3;/h8-14,19,21H,1-2,15-18H2,3-7H3;6-12,17,19H,13-16H2,1-5H3;6-11,15-16H,12-14H2,1-5H3;8-9,13-14H,1-2,10-12H2,3-7H3,(H,19,20);6-7,11-12H,8-10H2,1-5H3,(H,17,18);7,10-12H,1,8-9H2,2-6H3,(H,16,17);1H4/t21-;19-;16-;14-;12-;11-,12-;/m000001./s1. The second kappa shape index (κ2) is 60.3. The number of fused-ring (bicyclic) bond motifs is 1. The number of rotatable bonds is 45. The molecule has 0 amide bonds. The van der Waals surface area contributed by atoms with Crippen molar-refractivity contribution in [2.75, 3.05) is 0 Å². The average Bonchev–Trinajstić information content (AvgIpc) is 1.55. The van der Waals surface area contributed by atoms with E-state index in [1.807, 2.05) is 241 Å². The molecule has 0 unspecified atom stereocenters. The minimum Gasteiger partial charge on any atom is -0.481 e. The number of esters is 8. The fraction of sp³-hybridized carbons (Fsp3) is 0.617. The van der Waals surface area contributed by atoms with Crippen molar-refractivity contribution in [2.45, 2.75) is 371 Å². The lowest BCUT2D eigenvalue weighted by atomic mass is 9.67. The van der Waals surface area contributed by atoms with E-state index >= 15 is 0 Å². The van der Waals surface area contributed by atoms with Gasteiger partial charge < -0.3 is 58.1 Å². The van der Waals surface area contributed by atoms with Crippen molar-refractivity contribution in [3.63, 3.8) is 0 Å². The maximum Gasteiger partial charge on any atom is 0.339 e. The van der Waals surface area contributed by atoms with E-state index in [9.17, 15) is 72.9 Å². The number of carboxylic acids is 3. The summed E-state index contributed by atoms with van der Waals surface area (Å²) >= 11 is 0. The molecule has 0 saturated heterocycles. The van der Waals surface area contributed by atoms with Crippen LogP contribution in [0.4, 0.5) is 0 Å². The van der Waals surface area contributed by atoms with Gasteiger partial charge in [-0.25, -0.2) is 4.79 Å². The summed E-state index contributed by atoms with van der Waals surface area (Å²) in [6, 6.07) is 26.3. The number of nitrogens with zero attached hydrogens (tertiary/aromatic N) is 3. The van der Waals surface area contributed by atoms with Crippen LogP contribution in [0.5, 0.6) is 0 Å². The molecule has 27 nitrogen and oxygen atoms in total. The molecule has 0 spiro atoms. The Morgan fingerprint density at radius 3 is 0.966 bits per heavy atom. The Morgan fingerprint density at radius 1 is 0.347 bits per heavy atom. The normalized spacial score (nSPS) is 15.5. The molecule has 822 valence electrons. The molecule has 3 aromatic carbocycles. The molecule has 4 aromatic rings. The monoisotopic (exact) mass is 2050 g/mol. The summed E-state index contributed by atoms with van der Waals surface area (Å²) in [5.41, 5.74) is -5.75. The van der Waals surface area contributed by atoms with Crippen LogP contribution in [-0.2, 0) is 109 Å². The van der Waals surface area contributed by atoms with Gasteiger partial charge in [-0.3, -0.25) is 52.7 Å². The molecule has 0 radical (unpaired) electrons. The van der Waals surface area contributed by atoms with Gasteiger partial charge in [-0.05, 0) is 298 Å². The summed E-state index contributed by atoms with van der Waals surface area (Å²) in [6.45, 7) is 75.5. The number of benzene rings is 3. The minimum atomic E-state index is -1.16. The van der Waals surface area contributed by atoms with Crippen molar-refractivity contribution >= 4 is 82.7 Å². The van der Waals surface area contributed by atoms with Gasteiger partial charge in [-0.1, -0.05) is 235 Å². The third-order valence-electron chi connectivity index (χ3n) is 24.4. The lowest BCUT2D eigenvalue weighted by Gasteiger charge is -2.38. The fourth-order valence-corrected chi connectivity index (χ4v) is 17.8. The first-order chi connectivity index (χ1) is 67.5.